The van der Waals surface area contributed by atoms with Gasteiger partial charge in [-0.2, -0.15) is 10.2 Å². The van der Waals surface area contributed by atoms with Gasteiger partial charge >= 0.3 is 0 Å². The Kier molecular flexibility index (Phi) is 4.01. The molecule has 0 radical (unpaired) electrons. The van der Waals surface area contributed by atoms with E-state index in [9.17, 15) is 0 Å². The summed E-state index contributed by atoms with van der Waals surface area (Å²) in [7, 11) is 0. The highest BCUT2D eigenvalue weighted by molar-refractivity contribution is 4.94. The fraction of sp³-hybridized carbons (Fsp3) is 1.00. The van der Waals surface area contributed by atoms with Gasteiger partial charge in [0.2, 0.25) is 0 Å². The van der Waals surface area contributed by atoms with Crippen LogP contribution in [0.4, 0.5) is 0 Å². The SMILES string of the molecule is CC(C)C1(N=NC2(C(C)C)NCCN2)NCCN1. The van der Waals surface area contributed by atoms with Crippen molar-refractivity contribution in [2.45, 2.75) is 39.3 Å². The molecule has 2 aliphatic rings. The van der Waals surface area contributed by atoms with Crippen molar-refractivity contribution in [1.82, 2.24) is 21.3 Å². The topological polar surface area (TPSA) is 72.8 Å². The van der Waals surface area contributed by atoms with Crippen molar-refractivity contribution in [3.8, 4) is 0 Å². The smallest absolute Gasteiger partial charge is 0.187 e. The van der Waals surface area contributed by atoms with E-state index in [4.69, 9.17) is 0 Å². The molecule has 4 N–H and O–H groups in total. The molecule has 0 aliphatic carbocycles. The molecule has 0 unspecified atom stereocenters. The Balaban J connectivity index is 2.17. The molecule has 18 heavy (non-hydrogen) atoms. The normalized spacial score (nSPS) is 26.8. The first kappa shape index (κ1) is 13.9. The molecule has 0 spiro atoms. The Morgan fingerprint density at radius 1 is 0.667 bits per heavy atom. The molecule has 0 aromatic heterocycles. The lowest BCUT2D eigenvalue weighted by molar-refractivity contribution is 0.187. The summed E-state index contributed by atoms with van der Waals surface area (Å²) in [6.07, 6.45) is 0. The van der Waals surface area contributed by atoms with E-state index in [0.717, 1.165) is 26.2 Å². The van der Waals surface area contributed by atoms with Crippen molar-refractivity contribution in [2.75, 3.05) is 26.2 Å². The highest BCUT2D eigenvalue weighted by atomic mass is 15.5. The van der Waals surface area contributed by atoms with Crippen molar-refractivity contribution < 1.29 is 0 Å². The Morgan fingerprint density at radius 2 is 0.944 bits per heavy atom. The standard InChI is InChI=1S/C12H26N6/c1-9(2)11(13-5-6-14-11)17-18-12(10(3)4)15-7-8-16-12/h9-10,13-16H,5-8H2,1-4H3. The number of hydrogen-bond donors (Lipinski definition) is 4. The molecule has 6 heteroatoms. The molecule has 6 nitrogen and oxygen atoms in total. The lowest BCUT2D eigenvalue weighted by Crippen LogP contribution is -2.55. The first-order chi connectivity index (χ1) is 8.51. The lowest BCUT2D eigenvalue weighted by Gasteiger charge is -2.33. The van der Waals surface area contributed by atoms with Crippen LogP contribution in [-0.2, 0) is 0 Å². The molecule has 2 aliphatic heterocycles. The minimum absolute atomic E-state index is 0.356. The van der Waals surface area contributed by atoms with Crippen LogP contribution in [0.3, 0.4) is 0 Å². The van der Waals surface area contributed by atoms with Crippen LogP contribution in [0.2, 0.25) is 0 Å². The van der Waals surface area contributed by atoms with Gasteiger partial charge in [0.05, 0.1) is 0 Å². The van der Waals surface area contributed by atoms with Gasteiger partial charge in [-0.1, -0.05) is 27.7 Å². The first-order valence-corrected chi connectivity index (χ1v) is 6.95. The molecule has 0 bridgehead atoms. The molecule has 0 aromatic carbocycles. The first-order valence-electron chi connectivity index (χ1n) is 6.95. The van der Waals surface area contributed by atoms with Crippen LogP contribution in [-0.4, -0.2) is 37.8 Å². The Labute approximate surface area is 109 Å². The van der Waals surface area contributed by atoms with Gasteiger partial charge in [-0.3, -0.25) is 21.3 Å². The quantitative estimate of drug-likeness (QED) is 0.550. The van der Waals surface area contributed by atoms with Gasteiger partial charge in [-0.25, -0.2) is 0 Å². The van der Waals surface area contributed by atoms with Gasteiger partial charge in [-0.05, 0) is 0 Å². The summed E-state index contributed by atoms with van der Waals surface area (Å²) < 4.78 is 0. The molecule has 0 aromatic rings. The van der Waals surface area contributed by atoms with Crippen LogP contribution in [0.5, 0.6) is 0 Å². The molecule has 0 saturated carbocycles. The number of rotatable bonds is 4. The molecule has 2 fully saturated rings. The summed E-state index contributed by atoms with van der Waals surface area (Å²) in [5, 5.41) is 22.9. The Bertz CT molecular complexity index is 270. The van der Waals surface area contributed by atoms with E-state index < -0.39 is 11.6 Å². The maximum absolute atomic E-state index is 4.61. The van der Waals surface area contributed by atoms with E-state index in [1.807, 2.05) is 0 Å². The minimum Gasteiger partial charge on any atom is -0.278 e. The van der Waals surface area contributed by atoms with E-state index in [-0.39, 0.29) is 0 Å². The number of azo groups is 1. The van der Waals surface area contributed by atoms with Crippen LogP contribution >= 0.6 is 0 Å². The van der Waals surface area contributed by atoms with Crippen molar-refractivity contribution in [2.24, 2.45) is 22.1 Å². The maximum atomic E-state index is 4.61. The number of nitrogens with zero attached hydrogens (tertiary/aromatic N) is 2. The predicted octanol–water partition coefficient (Wildman–Crippen LogP) is 0.444. The molecule has 2 heterocycles. The minimum atomic E-state index is -0.409. The monoisotopic (exact) mass is 254 g/mol. The Morgan fingerprint density at radius 3 is 1.17 bits per heavy atom. The van der Waals surface area contributed by atoms with Gasteiger partial charge in [0.1, 0.15) is 0 Å². The van der Waals surface area contributed by atoms with Crippen molar-refractivity contribution in [1.29, 1.82) is 0 Å². The second-order valence-electron chi connectivity index (χ2n) is 5.75. The molecule has 104 valence electrons. The van der Waals surface area contributed by atoms with Gasteiger partial charge in [0.15, 0.2) is 11.6 Å². The van der Waals surface area contributed by atoms with Crippen molar-refractivity contribution in [3.05, 3.63) is 0 Å². The van der Waals surface area contributed by atoms with Gasteiger partial charge in [0.25, 0.3) is 0 Å². The van der Waals surface area contributed by atoms with E-state index in [0.29, 0.717) is 11.8 Å². The van der Waals surface area contributed by atoms with Crippen molar-refractivity contribution in [3.63, 3.8) is 0 Å². The summed E-state index contributed by atoms with van der Waals surface area (Å²) in [5.41, 5.74) is 0. The molecule has 2 rings (SSSR count). The van der Waals surface area contributed by atoms with E-state index in [1.165, 1.54) is 0 Å². The fourth-order valence-electron chi connectivity index (χ4n) is 2.48. The molecule has 0 amide bonds. The molecular weight excluding hydrogens is 228 g/mol. The van der Waals surface area contributed by atoms with Crippen LogP contribution < -0.4 is 21.3 Å². The van der Waals surface area contributed by atoms with Crippen molar-refractivity contribution >= 4 is 0 Å². The largest absolute Gasteiger partial charge is 0.278 e. The zero-order valence-electron chi connectivity index (χ0n) is 11.9. The summed E-state index contributed by atoms with van der Waals surface area (Å²) in [4.78, 5) is 0. The molecule has 2 saturated heterocycles. The van der Waals surface area contributed by atoms with Crippen LogP contribution in [0.15, 0.2) is 10.2 Å². The van der Waals surface area contributed by atoms with E-state index in [1.54, 1.807) is 0 Å². The second-order valence-corrected chi connectivity index (χ2v) is 5.75. The third-order valence-corrected chi connectivity index (χ3v) is 3.86. The number of nitrogens with one attached hydrogen (secondary N) is 4. The average Bonchev–Trinajstić information content (AvgIpc) is 2.97. The lowest BCUT2D eigenvalue weighted by atomic mass is 10.1. The van der Waals surface area contributed by atoms with Gasteiger partial charge in [-0.15, -0.1) is 0 Å². The zero-order valence-corrected chi connectivity index (χ0v) is 11.9. The van der Waals surface area contributed by atoms with Crippen LogP contribution in [0.25, 0.3) is 0 Å². The predicted molar refractivity (Wildman–Crippen MR) is 72.0 cm³/mol. The zero-order chi connectivity index (χ0) is 13.2. The summed E-state index contributed by atoms with van der Waals surface area (Å²) in [6, 6.07) is 0. The average molecular weight is 254 g/mol. The molecule has 0 atom stereocenters. The summed E-state index contributed by atoms with van der Waals surface area (Å²) in [5.74, 6) is -0.106. The fourth-order valence-corrected chi connectivity index (χ4v) is 2.48. The highest BCUT2D eigenvalue weighted by Gasteiger charge is 2.41. The Hall–Kier alpha value is -0.560. The number of hydrogen-bond acceptors (Lipinski definition) is 6. The van der Waals surface area contributed by atoms with Crippen LogP contribution in [0, 0.1) is 11.8 Å². The third-order valence-electron chi connectivity index (χ3n) is 3.86. The van der Waals surface area contributed by atoms with Gasteiger partial charge < -0.3 is 0 Å². The summed E-state index contributed by atoms with van der Waals surface area (Å²) in [6.45, 7) is 12.4. The van der Waals surface area contributed by atoms with Gasteiger partial charge in [0, 0.05) is 38.0 Å². The maximum Gasteiger partial charge on any atom is 0.187 e. The van der Waals surface area contributed by atoms with E-state index in [2.05, 4.69) is 59.2 Å². The van der Waals surface area contributed by atoms with Crippen LogP contribution in [0.1, 0.15) is 27.7 Å². The second kappa shape index (κ2) is 5.21. The molecular formula is C12H26N6. The third kappa shape index (κ3) is 2.42. The highest BCUT2D eigenvalue weighted by Crippen LogP contribution is 2.24. The summed E-state index contributed by atoms with van der Waals surface area (Å²) >= 11 is 0. The van der Waals surface area contributed by atoms with E-state index >= 15 is 0 Å².